The largest absolute Gasteiger partial charge is 0.479 e. The topological polar surface area (TPSA) is 86.7 Å². The normalized spacial score (nSPS) is 13.4. The van der Waals surface area contributed by atoms with Crippen LogP contribution in [0.4, 0.5) is 0 Å². The first kappa shape index (κ1) is 18.5. The van der Waals surface area contributed by atoms with Crippen LogP contribution in [-0.2, 0) is 9.59 Å². The van der Waals surface area contributed by atoms with E-state index in [0.717, 1.165) is 0 Å². The molecule has 0 amide bonds. The quantitative estimate of drug-likeness (QED) is 0.509. The van der Waals surface area contributed by atoms with Gasteiger partial charge in [-0.05, 0) is 25.5 Å². The number of rotatable bonds is 5. The molecule has 0 fully saturated rings. The Labute approximate surface area is 156 Å². The van der Waals surface area contributed by atoms with Crippen LogP contribution in [0.25, 0.3) is 0 Å². The summed E-state index contributed by atoms with van der Waals surface area (Å²) < 4.78 is 11.0. The molecule has 1 aliphatic carbocycles. The van der Waals surface area contributed by atoms with Crippen LogP contribution in [0.15, 0.2) is 36.4 Å². The zero-order valence-electron chi connectivity index (χ0n) is 15.2. The summed E-state index contributed by atoms with van der Waals surface area (Å²) in [5.74, 6) is -1.68. The molecule has 0 aromatic heterocycles. The fourth-order valence-electron chi connectivity index (χ4n) is 3.08. The van der Waals surface area contributed by atoms with E-state index in [0.29, 0.717) is 12.0 Å². The summed E-state index contributed by atoms with van der Waals surface area (Å²) in [5, 5.41) is 0. The third-order valence-electron chi connectivity index (χ3n) is 4.35. The minimum absolute atomic E-state index is 0.0233. The van der Waals surface area contributed by atoms with Crippen LogP contribution in [0.3, 0.4) is 0 Å². The van der Waals surface area contributed by atoms with Crippen LogP contribution in [0.5, 0.6) is 11.5 Å². The van der Waals surface area contributed by atoms with Gasteiger partial charge in [0.05, 0.1) is 5.56 Å². The average molecular weight is 366 g/mol. The zero-order chi connectivity index (χ0) is 19.7. The standard InChI is InChI=1S/C21H18O6/c1-4-16(11(2)22)27-17-10-9-15-18(21(17)26-12(3)23)20(25)14-8-6-5-7-13(14)19(15)24/h5-10,16H,4H2,1-3H3. The molecule has 0 aliphatic heterocycles. The molecule has 1 aliphatic rings. The Hall–Kier alpha value is -3.28. The van der Waals surface area contributed by atoms with Crippen molar-refractivity contribution in [1.29, 1.82) is 0 Å². The maximum atomic E-state index is 13.0. The summed E-state index contributed by atoms with van der Waals surface area (Å²) >= 11 is 0. The second-order valence-corrected chi connectivity index (χ2v) is 6.24. The number of hydrogen-bond acceptors (Lipinski definition) is 6. The first-order valence-electron chi connectivity index (χ1n) is 8.56. The van der Waals surface area contributed by atoms with Crippen molar-refractivity contribution in [3.05, 3.63) is 58.7 Å². The van der Waals surface area contributed by atoms with Crippen molar-refractivity contribution in [2.24, 2.45) is 0 Å². The highest BCUT2D eigenvalue weighted by molar-refractivity contribution is 6.29. The zero-order valence-corrected chi connectivity index (χ0v) is 15.2. The number of ether oxygens (including phenoxy) is 2. The third kappa shape index (κ3) is 3.26. The van der Waals surface area contributed by atoms with Crippen LogP contribution >= 0.6 is 0 Å². The monoisotopic (exact) mass is 366 g/mol. The maximum absolute atomic E-state index is 13.0. The summed E-state index contributed by atoms with van der Waals surface area (Å²) in [4.78, 5) is 49.2. The van der Waals surface area contributed by atoms with E-state index in [-0.39, 0.29) is 39.8 Å². The van der Waals surface area contributed by atoms with Crippen LogP contribution in [-0.4, -0.2) is 29.4 Å². The lowest BCUT2D eigenvalue weighted by molar-refractivity contribution is -0.132. The van der Waals surface area contributed by atoms with Crippen molar-refractivity contribution >= 4 is 23.3 Å². The van der Waals surface area contributed by atoms with Crippen molar-refractivity contribution in [1.82, 2.24) is 0 Å². The Morgan fingerprint density at radius 2 is 1.56 bits per heavy atom. The number of ketones is 3. The first-order valence-corrected chi connectivity index (χ1v) is 8.56. The molecule has 6 nitrogen and oxygen atoms in total. The van der Waals surface area contributed by atoms with E-state index in [1.165, 1.54) is 26.0 Å². The molecule has 1 atom stereocenters. The molecule has 3 rings (SSSR count). The summed E-state index contributed by atoms with van der Waals surface area (Å²) in [7, 11) is 0. The smallest absolute Gasteiger partial charge is 0.308 e. The van der Waals surface area contributed by atoms with E-state index in [4.69, 9.17) is 9.47 Å². The first-order chi connectivity index (χ1) is 12.8. The fraction of sp³-hybridized carbons (Fsp3) is 0.238. The lowest BCUT2D eigenvalue weighted by atomic mass is 9.83. The van der Waals surface area contributed by atoms with Gasteiger partial charge in [-0.25, -0.2) is 0 Å². The van der Waals surface area contributed by atoms with Gasteiger partial charge >= 0.3 is 5.97 Å². The van der Waals surface area contributed by atoms with Crippen LogP contribution in [0, 0.1) is 0 Å². The summed E-state index contributed by atoms with van der Waals surface area (Å²) in [6.07, 6.45) is -0.346. The molecule has 0 saturated carbocycles. The predicted octanol–water partition coefficient (Wildman–Crippen LogP) is 3.13. The Bertz CT molecular complexity index is 973. The SMILES string of the molecule is CCC(Oc1ccc2c(c1OC(C)=O)C(=O)c1ccccc1C2=O)C(C)=O. The predicted molar refractivity (Wildman–Crippen MR) is 96.4 cm³/mol. The molecule has 0 spiro atoms. The number of esters is 1. The fourth-order valence-corrected chi connectivity index (χ4v) is 3.08. The highest BCUT2D eigenvalue weighted by Crippen LogP contribution is 2.40. The van der Waals surface area contributed by atoms with Gasteiger partial charge in [-0.15, -0.1) is 0 Å². The van der Waals surface area contributed by atoms with E-state index in [1.807, 2.05) is 0 Å². The molecule has 2 aromatic rings. The highest BCUT2D eigenvalue weighted by atomic mass is 16.6. The van der Waals surface area contributed by atoms with Crippen LogP contribution in [0.2, 0.25) is 0 Å². The minimum atomic E-state index is -0.751. The number of fused-ring (bicyclic) bond motifs is 2. The number of benzene rings is 2. The highest BCUT2D eigenvalue weighted by Gasteiger charge is 2.35. The van der Waals surface area contributed by atoms with Gasteiger partial charge in [-0.1, -0.05) is 31.2 Å². The summed E-state index contributed by atoms with van der Waals surface area (Å²) in [5.41, 5.74) is 0.648. The van der Waals surface area contributed by atoms with E-state index in [2.05, 4.69) is 0 Å². The Balaban J connectivity index is 2.20. The summed E-state index contributed by atoms with van der Waals surface area (Å²) in [6, 6.07) is 9.37. The molecule has 2 aromatic carbocycles. The van der Waals surface area contributed by atoms with E-state index >= 15 is 0 Å². The molecule has 1 unspecified atom stereocenters. The second-order valence-electron chi connectivity index (χ2n) is 6.24. The van der Waals surface area contributed by atoms with Crippen LogP contribution < -0.4 is 9.47 Å². The van der Waals surface area contributed by atoms with Crippen LogP contribution in [0.1, 0.15) is 59.0 Å². The number of carbonyl (C=O) groups is 4. The van der Waals surface area contributed by atoms with Gasteiger partial charge in [-0.3, -0.25) is 19.2 Å². The van der Waals surface area contributed by atoms with Crippen molar-refractivity contribution in [3.8, 4) is 11.5 Å². The molecule has 0 N–H and O–H groups in total. The molecular weight excluding hydrogens is 348 g/mol. The van der Waals surface area contributed by atoms with Gasteiger partial charge in [0.15, 0.2) is 35.0 Å². The van der Waals surface area contributed by atoms with Gasteiger partial charge in [0.25, 0.3) is 0 Å². The van der Waals surface area contributed by atoms with Crippen molar-refractivity contribution in [3.63, 3.8) is 0 Å². The number of Topliss-reactive ketones (excluding diaryl/α,β-unsaturated/α-hetero) is 1. The Morgan fingerprint density at radius 3 is 2.11 bits per heavy atom. The minimum Gasteiger partial charge on any atom is -0.479 e. The molecule has 138 valence electrons. The van der Waals surface area contributed by atoms with Crippen molar-refractivity contribution in [2.45, 2.75) is 33.3 Å². The Morgan fingerprint density at radius 1 is 0.926 bits per heavy atom. The lowest BCUT2D eigenvalue weighted by Crippen LogP contribution is -2.26. The third-order valence-corrected chi connectivity index (χ3v) is 4.35. The maximum Gasteiger partial charge on any atom is 0.308 e. The van der Waals surface area contributed by atoms with Gasteiger partial charge in [-0.2, -0.15) is 0 Å². The van der Waals surface area contributed by atoms with Gasteiger partial charge in [0, 0.05) is 23.6 Å². The van der Waals surface area contributed by atoms with Crippen molar-refractivity contribution < 1.29 is 28.7 Å². The van der Waals surface area contributed by atoms with Gasteiger partial charge < -0.3 is 9.47 Å². The van der Waals surface area contributed by atoms with E-state index < -0.39 is 17.9 Å². The van der Waals surface area contributed by atoms with E-state index in [9.17, 15) is 19.2 Å². The molecule has 0 heterocycles. The lowest BCUT2D eigenvalue weighted by Gasteiger charge is -2.23. The molecular formula is C21H18O6. The van der Waals surface area contributed by atoms with Gasteiger partial charge in [0.2, 0.25) is 0 Å². The summed E-state index contributed by atoms with van der Waals surface area (Å²) in [6.45, 7) is 4.36. The molecule has 0 saturated heterocycles. The molecule has 0 radical (unpaired) electrons. The van der Waals surface area contributed by atoms with Crippen molar-refractivity contribution in [2.75, 3.05) is 0 Å². The molecule has 27 heavy (non-hydrogen) atoms. The Kier molecular flexibility index (Phi) is 4.90. The molecule has 0 bridgehead atoms. The number of hydrogen-bond donors (Lipinski definition) is 0. The second kappa shape index (κ2) is 7.15. The average Bonchev–Trinajstić information content (AvgIpc) is 2.64. The molecule has 6 heteroatoms. The van der Waals surface area contributed by atoms with Gasteiger partial charge in [0.1, 0.15) is 0 Å². The number of carbonyl (C=O) groups excluding carboxylic acids is 4. The van der Waals surface area contributed by atoms with E-state index in [1.54, 1.807) is 31.2 Å².